The lowest BCUT2D eigenvalue weighted by atomic mass is 10.2. The van der Waals surface area contributed by atoms with E-state index in [0.29, 0.717) is 11.3 Å². The number of benzene rings is 2. The second-order valence-corrected chi connectivity index (χ2v) is 5.19. The number of hydrogen-bond acceptors (Lipinski definition) is 4. The van der Waals surface area contributed by atoms with Crippen molar-refractivity contribution in [3.8, 4) is 0 Å². The van der Waals surface area contributed by atoms with Gasteiger partial charge in [0.05, 0.1) is 18.4 Å². The first kappa shape index (κ1) is 18.8. The van der Waals surface area contributed by atoms with Gasteiger partial charge in [0.15, 0.2) is 0 Å². The van der Waals surface area contributed by atoms with Crippen molar-refractivity contribution in [2.75, 3.05) is 12.4 Å². The average molecular weight is 449 g/mol. The number of fused-ring (bicyclic) bond motifs is 1. The van der Waals surface area contributed by atoms with Gasteiger partial charge in [-0.3, -0.25) is 4.79 Å². The van der Waals surface area contributed by atoms with Crippen LogP contribution in [0.1, 0.15) is 10.4 Å². The Morgan fingerprint density at radius 1 is 1.08 bits per heavy atom. The second kappa shape index (κ2) is 8.52. The molecule has 1 heterocycles. The predicted molar refractivity (Wildman–Crippen MR) is 88.3 cm³/mol. The van der Waals surface area contributed by atoms with Crippen LogP contribution in [0.2, 0.25) is 0 Å². The number of methoxy groups -OCH3 is 1. The largest absolute Gasteiger partial charge is 1.00 e. The molecule has 25 heavy (non-hydrogen) atoms. The standard InChI is InChI=1S/C18H15N3O3.HI/c1-24-18(23)15-8-4-5-9-16(15)20-17(22)12-21-11-14-7-3-2-6-13(14)10-19-21;/h2-11H,12H2,1H3;1H. The van der Waals surface area contributed by atoms with Gasteiger partial charge in [0, 0.05) is 10.8 Å². The third-order valence-corrected chi connectivity index (χ3v) is 3.54. The highest BCUT2D eigenvalue weighted by atomic mass is 127. The molecule has 0 aliphatic rings. The Balaban J connectivity index is 0.00000225. The van der Waals surface area contributed by atoms with Crippen LogP contribution < -0.4 is 34.0 Å². The number of anilines is 1. The molecular formula is C18H16IN3O3. The SMILES string of the molecule is COC(=O)c1ccccc1NC(=O)C[n+]1cc2ccccc2cn1.[I-]. The Kier molecular flexibility index (Phi) is 6.40. The van der Waals surface area contributed by atoms with Gasteiger partial charge in [0.25, 0.3) is 12.5 Å². The van der Waals surface area contributed by atoms with Gasteiger partial charge in [-0.05, 0) is 23.3 Å². The average Bonchev–Trinajstić information content (AvgIpc) is 2.61. The van der Waals surface area contributed by atoms with Crippen LogP contribution >= 0.6 is 0 Å². The van der Waals surface area contributed by atoms with E-state index in [-0.39, 0.29) is 36.4 Å². The first-order valence-corrected chi connectivity index (χ1v) is 7.39. The molecule has 1 amide bonds. The summed E-state index contributed by atoms with van der Waals surface area (Å²) in [5.74, 6) is -0.776. The Morgan fingerprint density at radius 3 is 2.52 bits per heavy atom. The first-order chi connectivity index (χ1) is 11.7. The van der Waals surface area contributed by atoms with E-state index >= 15 is 0 Å². The molecule has 3 aromatic rings. The van der Waals surface area contributed by atoms with Crippen molar-refractivity contribution in [3.63, 3.8) is 0 Å². The topological polar surface area (TPSA) is 72.2 Å². The van der Waals surface area contributed by atoms with Crippen molar-refractivity contribution < 1.29 is 43.0 Å². The summed E-state index contributed by atoms with van der Waals surface area (Å²) in [6.07, 6.45) is 3.52. The first-order valence-electron chi connectivity index (χ1n) is 7.39. The number of aromatic nitrogens is 2. The zero-order valence-corrected chi connectivity index (χ0v) is 15.6. The lowest BCUT2D eigenvalue weighted by Crippen LogP contribution is -3.00. The summed E-state index contributed by atoms with van der Waals surface area (Å²) in [7, 11) is 1.30. The van der Waals surface area contributed by atoms with E-state index < -0.39 is 5.97 Å². The van der Waals surface area contributed by atoms with Gasteiger partial charge in [0.1, 0.15) is 6.20 Å². The minimum Gasteiger partial charge on any atom is -1.00 e. The van der Waals surface area contributed by atoms with E-state index in [2.05, 4.69) is 10.4 Å². The highest BCUT2D eigenvalue weighted by Gasteiger charge is 2.16. The maximum atomic E-state index is 12.3. The number of esters is 1. The minimum atomic E-state index is -0.498. The molecule has 0 fully saturated rings. The molecule has 0 unspecified atom stereocenters. The van der Waals surface area contributed by atoms with Crippen molar-refractivity contribution in [1.82, 2.24) is 5.10 Å². The molecule has 2 aromatic carbocycles. The van der Waals surface area contributed by atoms with Crippen LogP contribution in [0.15, 0.2) is 60.9 Å². The lowest BCUT2D eigenvalue weighted by Gasteiger charge is -2.07. The number of nitrogens with zero attached hydrogens (tertiary/aromatic N) is 2. The summed E-state index contributed by atoms with van der Waals surface area (Å²) < 4.78 is 6.27. The molecule has 1 aromatic heterocycles. The van der Waals surface area contributed by atoms with Gasteiger partial charge < -0.3 is 34.0 Å². The zero-order chi connectivity index (χ0) is 16.9. The summed E-state index contributed by atoms with van der Waals surface area (Å²) in [5, 5.41) is 8.95. The predicted octanol–water partition coefficient (Wildman–Crippen LogP) is -1.05. The highest BCUT2D eigenvalue weighted by Crippen LogP contribution is 2.16. The summed E-state index contributed by atoms with van der Waals surface area (Å²) in [6, 6.07) is 14.5. The number of hydrogen-bond donors (Lipinski definition) is 1. The van der Waals surface area contributed by atoms with Gasteiger partial charge in [-0.2, -0.15) is 0 Å². The molecular weight excluding hydrogens is 433 g/mol. The Morgan fingerprint density at radius 2 is 1.76 bits per heavy atom. The zero-order valence-electron chi connectivity index (χ0n) is 13.5. The fraction of sp³-hybridized carbons (Fsp3) is 0.111. The smallest absolute Gasteiger partial charge is 0.339 e. The molecule has 0 atom stereocenters. The molecule has 1 N–H and O–H groups in total. The van der Waals surface area contributed by atoms with Crippen molar-refractivity contribution in [1.29, 1.82) is 0 Å². The molecule has 7 heteroatoms. The number of rotatable bonds is 4. The monoisotopic (exact) mass is 449 g/mol. The highest BCUT2D eigenvalue weighted by molar-refractivity contribution is 6.00. The fourth-order valence-electron chi connectivity index (χ4n) is 2.38. The Labute approximate surface area is 161 Å². The quantitative estimate of drug-likeness (QED) is 0.314. The van der Waals surface area contributed by atoms with Crippen molar-refractivity contribution in [3.05, 3.63) is 66.5 Å². The molecule has 0 spiro atoms. The molecule has 0 radical (unpaired) electrons. The molecule has 0 saturated carbocycles. The van der Waals surface area contributed by atoms with Gasteiger partial charge in [-0.1, -0.05) is 35.0 Å². The second-order valence-electron chi connectivity index (χ2n) is 5.19. The van der Waals surface area contributed by atoms with Crippen LogP contribution in [-0.2, 0) is 16.1 Å². The van der Waals surface area contributed by atoms with Crippen LogP contribution in [0, 0.1) is 0 Å². The van der Waals surface area contributed by atoms with Gasteiger partial charge in [-0.15, -0.1) is 0 Å². The van der Waals surface area contributed by atoms with E-state index in [0.717, 1.165) is 10.8 Å². The fourth-order valence-corrected chi connectivity index (χ4v) is 2.38. The van der Waals surface area contributed by atoms with Gasteiger partial charge in [-0.25, -0.2) is 4.79 Å². The molecule has 0 aliphatic heterocycles. The molecule has 3 rings (SSSR count). The van der Waals surface area contributed by atoms with E-state index in [1.807, 2.05) is 24.3 Å². The maximum Gasteiger partial charge on any atom is 0.339 e. The van der Waals surface area contributed by atoms with Crippen molar-refractivity contribution in [2.45, 2.75) is 6.54 Å². The van der Waals surface area contributed by atoms with Crippen LogP contribution in [0.3, 0.4) is 0 Å². The number of halogens is 1. The lowest BCUT2D eigenvalue weighted by molar-refractivity contribution is -0.740. The van der Waals surface area contributed by atoms with Crippen molar-refractivity contribution >= 4 is 28.3 Å². The third kappa shape index (κ3) is 4.50. The number of ether oxygens (including phenoxy) is 1. The molecule has 0 bridgehead atoms. The normalized spacial score (nSPS) is 9.96. The molecule has 0 saturated heterocycles. The summed E-state index contributed by atoms with van der Waals surface area (Å²) >= 11 is 0. The summed E-state index contributed by atoms with van der Waals surface area (Å²) in [5.41, 5.74) is 0.723. The summed E-state index contributed by atoms with van der Waals surface area (Å²) in [4.78, 5) is 24.0. The molecule has 128 valence electrons. The van der Waals surface area contributed by atoms with Crippen LogP contribution in [0.5, 0.6) is 0 Å². The number of carbonyl (C=O) groups is 2. The van der Waals surface area contributed by atoms with Gasteiger partial charge >= 0.3 is 5.97 Å². The third-order valence-electron chi connectivity index (χ3n) is 3.54. The Hall–Kier alpha value is -2.55. The number of amides is 1. The van der Waals surface area contributed by atoms with Crippen molar-refractivity contribution in [2.24, 2.45) is 0 Å². The maximum absolute atomic E-state index is 12.3. The number of carbonyl (C=O) groups excluding carboxylic acids is 2. The number of nitrogens with one attached hydrogen (secondary N) is 1. The Bertz CT molecular complexity index is 915. The molecule has 0 aliphatic carbocycles. The summed E-state index contributed by atoms with van der Waals surface area (Å²) in [6.45, 7) is 0.0420. The van der Waals surface area contributed by atoms with E-state index in [1.165, 1.54) is 7.11 Å². The van der Waals surface area contributed by atoms with Crippen LogP contribution in [0.4, 0.5) is 5.69 Å². The minimum absolute atomic E-state index is 0. The molecule has 6 nitrogen and oxygen atoms in total. The van der Waals surface area contributed by atoms with E-state index in [9.17, 15) is 9.59 Å². The van der Waals surface area contributed by atoms with E-state index in [1.54, 1.807) is 41.3 Å². The van der Waals surface area contributed by atoms with Gasteiger partial charge in [0.2, 0.25) is 6.20 Å². The van der Waals surface area contributed by atoms with Crippen LogP contribution in [0.25, 0.3) is 10.8 Å². The van der Waals surface area contributed by atoms with Crippen LogP contribution in [-0.4, -0.2) is 24.1 Å². The van der Waals surface area contributed by atoms with E-state index in [4.69, 9.17) is 4.74 Å². The number of para-hydroxylation sites is 1.